The zero-order valence-corrected chi connectivity index (χ0v) is 13.5. The molecule has 3 N–H and O–H groups in total. The van der Waals surface area contributed by atoms with Gasteiger partial charge in [0.2, 0.25) is 5.91 Å². The first-order valence-electron chi connectivity index (χ1n) is 7.03. The van der Waals surface area contributed by atoms with Crippen LogP contribution in [-0.4, -0.2) is 37.2 Å². The predicted molar refractivity (Wildman–Crippen MR) is 88.2 cm³/mol. The number of carbonyl (C=O) groups is 1. The average Bonchev–Trinajstić information content (AvgIpc) is 2.38. The van der Waals surface area contributed by atoms with Crippen molar-refractivity contribution >= 4 is 29.7 Å². The number of nitrogens with zero attached hydrogens (tertiary/aromatic N) is 1. The molecule has 118 valence electrons. The van der Waals surface area contributed by atoms with E-state index in [4.69, 9.17) is 10.5 Å². The van der Waals surface area contributed by atoms with E-state index in [0.29, 0.717) is 0 Å². The van der Waals surface area contributed by atoms with Crippen LogP contribution in [0.3, 0.4) is 0 Å². The Morgan fingerprint density at radius 2 is 1.90 bits per heavy atom. The van der Waals surface area contributed by atoms with Crippen molar-refractivity contribution in [1.29, 1.82) is 0 Å². The standard InChI is InChI=1S/C15H23N3O2.ClH/c1-10-8-18(9-11(2)20-10)14-7-5-4-6-13(14)17-15(19)12(3)16;/h4-7,10-12H,8-9,16H2,1-3H3,(H,17,19);1H. The molecule has 21 heavy (non-hydrogen) atoms. The van der Waals surface area contributed by atoms with Crippen molar-refractivity contribution in [3.8, 4) is 0 Å². The molecule has 1 aliphatic rings. The van der Waals surface area contributed by atoms with Crippen LogP contribution in [-0.2, 0) is 9.53 Å². The maximum absolute atomic E-state index is 11.8. The second-order valence-electron chi connectivity index (χ2n) is 5.46. The van der Waals surface area contributed by atoms with Crippen molar-refractivity contribution in [3.05, 3.63) is 24.3 Å². The Morgan fingerprint density at radius 3 is 2.48 bits per heavy atom. The van der Waals surface area contributed by atoms with Crippen molar-refractivity contribution in [2.75, 3.05) is 23.3 Å². The number of nitrogens with two attached hydrogens (primary N) is 1. The highest BCUT2D eigenvalue weighted by Gasteiger charge is 2.24. The predicted octanol–water partition coefficient (Wildman–Crippen LogP) is 2.01. The van der Waals surface area contributed by atoms with E-state index in [1.165, 1.54) is 0 Å². The number of ether oxygens (including phenoxy) is 1. The van der Waals surface area contributed by atoms with Crippen LogP contribution in [0.5, 0.6) is 0 Å². The molecule has 3 unspecified atom stereocenters. The highest BCUT2D eigenvalue weighted by molar-refractivity contribution is 5.97. The molecule has 1 saturated heterocycles. The topological polar surface area (TPSA) is 67.6 Å². The summed E-state index contributed by atoms with van der Waals surface area (Å²) in [6.45, 7) is 7.43. The van der Waals surface area contributed by atoms with E-state index in [2.05, 4.69) is 24.1 Å². The van der Waals surface area contributed by atoms with Crippen LogP contribution in [0.25, 0.3) is 0 Å². The summed E-state index contributed by atoms with van der Waals surface area (Å²) in [6, 6.07) is 7.28. The van der Waals surface area contributed by atoms with E-state index < -0.39 is 6.04 Å². The molecule has 3 atom stereocenters. The average molecular weight is 314 g/mol. The minimum absolute atomic E-state index is 0. The molecule has 6 heteroatoms. The zero-order valence-electron chi connectivity index (χ0n) is 12.7. The fraction of sp³-hybridized carbons (Fsp3) is 0.533. The fourth-order valence-electron chi connectivity index (χ4n) is 2.48. The summed E-state index contributed by atoms with van der Waals surface area (Å²) < 4.78 is 5.75. The van der Waals surface area contributed by atoms with Gasteiger partial charge in [-0.15, -0.1) is 12.4 Å². The van der Waals surface area contributed by atoms with E-state index in [1.54, 1.807) is 6.92 Å². The van der Waals surface area contributed by atoms with Crippen LogP contribution in [0.1, 0.15) is 20.8 Å². The molecule has 1 fully saturated rings. The number of carbonyl (C=O) groups excluding carboxylic acids is 1. The number of rotatable bonds is 3. The number of nitrogens with one attached hydrogen (secondary N) is 1. The second-order valence-corrected chi connectivity index (χ2v) is 5.46. The van der Waals surface area contributed by atoms with Crippen molar-refractivity contribution in [3.63, 3.8) is 0 Å². The molecule has 1 heterocycles. The first-order chi connectivity index (χ1) is 9.47. The second kappa shape index (κ2) is 7.64. The number of anilines is 2. The van der Waals surface area contributed by atoms with Gasteiger partial charge in [-0.2, -0.15) is 0 Å². The van der Waals surface area contributed by atoms with E-state index in [1.807, 2.05) is 24.3 Å². The van der Waals surface area contributed by atoms with E-state index in [-0.39, 0.29) is 30.5 Å². The van der Waals surface area contributed by atoms with Gasteiger partial charge in [0.05, 0.1) is 29.6 Å². The molecular weight excluding hydrogens is 290 g/mol. The van der Waals surface area contributed by atoms with Gasteiger partial charge in [-0.25, -0.2) is 0 Å². The Labute approximate surface area is 132 Å². The highest BCUT2D eigenvalue weighted by Crippen LogP contribution is 2.28. The molecule has 0 aliphatic carbocycles. The quantitative estimate of drug-likeness (QED) is 0.896. The number of benzene rings is 1. The Morgan fingerprint density at radius 1 is 1.33 bits per heavy atom. The van der Waals surface area contributed by atoms with E-state index >= 15 is 0 Å². The van der Waals surface area contributed by atoms with Crippen LogP contribution in [0, 0.1) is 0 Å². The van der Waals surface area contributed by atoms with Gasteiger partial charge in [0.25, 0.3) is 0 Å². The SMILES string of the molecule is CC1CN(c2ccccc2NC(=O)C(C)N)CC(C)O1.Cl. The lowest BCUT2D eigenvalue weighted by atomic mass is 10.1. The maximum atomic E-state index is 11.8. The van der Waals surface area contributed by atoms with Crippen molar-refractivity contribution in [2.24, 2.45) is 5.73 Å². The number of hydrogen-bond donors (Lipinski definition) is 2. The monoisotopic (exact) mass is 313 g/mol. The van der Waals surface area contributed by atoms with Crippen molar-refractivity contribution in [1.82, 2.24) is 0 Å². The number of hydrogen-bond acceptors (Lipinski definition) is 4. The molecule has 1 aromatic rings. The van der Waals surface area contributed by atoms with Gasteiger partial charge in [0.15, 0.2) is 0 Å². The Bertz CT molecular complexity index is 472. The Balaban J connectivity index is 0.00000220. The number of amides is 1. The molecule has 0 bridgehead atoms. The fourth-order valence-corrected chi connectivity index (χ4v) is 2.48. The number of para-hydroxylation sites is 2. The third-order valence-corrected chi connectivity index (χ3v) is 3.34. The maximum Gasteiger partial charge on any atom is 0.241 e. The molecule has 1 aromatic carbocycles. The minimum atomic E-state index is -0.523. The minimum Gasteiger partial charge on any atom is -0.372 e. The highest BCUT2D eigenvalue weighted by atomic mass is 35.5. The molecule has 1 amide bonds. The largest absolute Gasteiger partial charge is 0.372 e. The summed E-state index contributed by atoms with van der Waals surface area (Å²) >= 11 is 0. The van der Waals surface area contributed by atoms with Crippen molar-refractivity contribution in [2.45, 2.75) is 39.0 Å². The lowest BCUT2D eigenvalue weighted by Gasteiger charge is -2.37. The van der Waals surface area contributed by atoms with E-state index in [0.717, 1.165) is 24.5 Å². The van der Waals surface area contributed by atoms with Crippen molar-refractivity contribution < 1.29 is 9.53 Å². The van der Waals surface area contributed by atoms with Gasteiger partial charge in [0, 0.05) is 13.1 Å². The van der Waals surface area contributed by atoms with Crippen LogP contribution in [0.4, 0.5) is 11.4 Å². The summed E-state index contributed by atoms with van der Waals surface area (Å²) in [5.74, 6) is -0.174. The number of morpholine rings is 1. The Hall–Kier alpha value is -1.30. The van der Waals surface area contributed by atoms with Crippen LogP contribution in [0.15, 0.2) is 24.3 Å². The summed E-state index contributed by atoms with van der Waals surface area (Å²) in [5, 5.41) is 2.89. The Kier molecular flexibility index (Phi) is 6.45. The first-order valence-corrected chi connectivity index (χ1v) is 7.03. The van der Waals surface area contributed by atoms with Crippen LogP contribution < -0.4 is 16.0 Å². The first kappa shape index (κ1) is 17.8. The summed E-state index contributed by atoms with van der Waals surface area (Å²) in [5.41, 5.74) is 7.43. The summed E-state index contributed by atoms with van der Waals surface area (Å²) in [7, 11) is 0. The van der Waals surface area contributed by atoms with Gasteiger partial charge in [-0.1, -0.05) is 12.1 Å². The molecular formula is C15H24ClN3O2. The van der Waals surface area contributed by atoms with Gasteiger partial charge in [-0.3, -0.25) is 4.79 Å². The van der Waals surface area contributed by atoms with Crippen LogP contribution >= 0.6 is 12.4 Å². The molecule has 1 aliphatic heterocycles. The third kappa shape index (κ3) is 4.59. The van der Waals surface area contributed by atoms with Gasteiger partial charge in [-0.05, 0) is 32.9 Å². The summed E-state index contributed by atoms with van der Waals surface area (Å²) in [4.78, 5) is 14.0. The molecule has 0 spiro atoms. The lowest BCUT2D eigenvalue weighted by molar-refractivity contribution is -0.117. The normalized spacial score (nSPS) is 23.1. The van der Waals surface area contributed by atoms with Gasteiger partial charge >= 0.3 is 0 Å². The van der Waals surface area contributed by atoms with Gasteiger partial charge < -0.3 is 20.7 Å². The molecule has 0 radical (unpaired) electrons. The third-order valence-electron chi connectivity index (χ3n) is 3.34. The van der Waals surface area contributed by atoms with Crippen LogP contribution in [0.2, 0.25) is 0 Å². The molecule has 2 rings (SSSR count). The summed E-state index contributed by atoms with van der Waals surface area (Å²) in [6.07, 6.45) is 0.354. The molecule has 0 aromatic heterocycles. The smallest absolute Gasteiger partial charge is 0.241 e. The van der Waals surface area contributed by atoms with E-state index in [9.17, 15) is 4.79 Å². The van der Waals surface area contributed by atoms with Gasteiger partial charge in [0.1, 0.15) is 0 Å². The lowest BCUT2D eigenvalue weighted by Crippen LogP contribution is -2.46. The zero-order chi connectivity index (χ0) is 14.7. The molecule has 0 saturated carbocycles. The number of halogens is 1. The molecule has 5 nitrogen and oxygen atoms in total.